The zero-order chi connectivity index (χ0) is 66.6. The zero-order valence-electron chi connectivity index (χ0n) is 53.3. The van der Waals surface area contributed by atoms with Crippen molar-refractivity contribution in [3.05, 3.63) is 0 Å². The van der Waals surface area contributed by atoms with Gasteiger partial charge in [0.25, 0.3) is 11.8 Å². The van der Waals surface area contributed by atoms with Crippen molar-refractivity contribution in [2.45, 2.75) is 246 Å². The number of hydrazine groups is 3. The van der Waals surface area contributed by atoms with Crippen molar-refractivity contribution in [3.8, 4) is 0 Å². The van der Waals surface area contributed by atoms with Crippen molar-refractivity contribution in [3.63, 3.8) is 0 Å². The molecular formula is C56H99N13O18. The number of nitrogens with two attached hydrogens (primary N) is 2. The van der Waals surface area contributed by atoms with Gasteiger partial charge in [-0.1, -0.05) is 27.7 Å². The number of nitrogens with zero attached hydrogens (tertiary/aromatic N) is 4. The van der Waals surface area contributed by atoms with E-state index >= 15 is 0 Å². The predicted molar refractivity (Wildman–Crippen MR) is 320 cm³/mol. The number of aliphatic imine (C=N–C) groups is 1. The molecule has 0 rings (SSSR count). The van der Waals surface area contributed by atoms with Crippen LogP contribution in [0.25, 0.3) is 0 Å². The average Bonchev–Trinajstić information content (AvgIpc) is 3.67. The quantitative estimate of drug-likeness (QED) is 0.0103. The summed E-state index contributed by atoms with van der Waals surface area (Å²) < 4.78 is 32.6. The van der Waals surface area contributed by atoms with Crippen molar-refractivity contribution in [1.82, 2.24) is 38.0 Å². The molecule has 31 nitrogen and oxygen atoms in total. The molecule has 0 heterocycles. The number of amides is 6. The zero-order valence-corrected chi connectivity index (χ0v) is 53.3. The Morgan fingerprint density at radius 1 is 0.437 bits per heavy atom. The fourth-order valence-corrected chi connectivity index (χ4v) is 7.35. The van der Waals surface area contributed by atoms with E-state index < -0.39 is 120 Å². The molecule has 0 aliphatic carbocycles. The number of rotatable bonds is 44. The highest BCUT2D eigenvalue weighted by molar-refractivity contribution is 5.97. The summed E-state index contributed by atoms with van der Waals surface area (Å²) >= 11 is 0. The van der Waals surface area contributed by atoms with Crippen molar-refractivity contribution < 1.29 is 86.6 Å². The third-order valence-electron chi connectivity index (χ3n) is 13.6. The van der Waals surface area contributed by atoms with Gasteiger partial charge in [0.15, 0.2) is 11.2 Å². The highest BCUT2D eigenvalue weighted by Crippen LogP contribution is 2.21. The minimum Gasteiger partial charge on any atom is -0.460 e. The Labute approximate surface area is 510 Å². The fraction of sp³-hybridized carbons (Fsp3) is 0.750. The summed E-state index contributed by atoms with van der Waals surface area (Å²) in [5.74, 6) is 2.18. The van der Waals surface area contributed by atoms with E-state index in [9.17, 15) is 58.2 Å². The van der Waals surface area contributed by atoms with Crippen LogP contribution in [0.1, 0.15) is 200 Å². The first-order chi connectivity index (χ1) is 40.6. The smallest absolute Gasteiger partial charge is 0.306 e. The predicted octanol–water partition coefficient (Wildman–Crippen LogP) is 1.58. The Hall–Kier alpha value is -6.90. The molecule has 87 heavy (non-hydrogen) atoms. The molecule has 0 aliphatic rings. The maximum atomic E-state index is 12.8. The SMILES string of the molecule is CCC(C)(CC)N=C(C)CCC(=O)OC(C)COCC(C)OC(=O)CCC(C)=NNC(=O)CC(O)(CC(=O)NN=C(C)CCC(=O)OC(C)COCC(C)OC(=O)CCC(C)=NNC(=O)CC(O)(CC(=O)NNC(C)(CC)CC)C(=O)NN)C(=O)NN. The lowest BCUT2D eigenvalue weighted by Crippen LogP contribution is -2.57. The Kier molecular flexibility index (Phi) is 38.0. The van der Waals surface area contributed by atoms with Gasteiger partial charge in [-0.3, -0.25) is 69.2 Å². The van der Waals surface area contributed by atoms with Crippen LogP contribution < -0.4 is 49.7 Å². The van der Waals surface area contributed by atoms with Crippen molar-refractivity contribution >= 4 is 82.2 Å². The molecule has 6 amide bonds. The molecule has 13 N–H and O–H groups in total. The fourth-order valence-electron chi connectivity index (χ4n) is 7.35. The first kappa shape index (κ1) is 80.1. The van der Waals surface area contributed by atoms with E-state index in [2.05, 4.69) is 63.2 Å². The normalized spacial score (nSPS) is 15.2. The number of hydrazone groups is 3. The first-order valence-electron chi connectivity index (χ1n) is 29.1. The van der Waals surface area contributed by atoms with E-state index in [1.54, 1.807) is 38.5 Å². The Morgan fingerprint density at radius 2 is 0.713 bits per heavy atom. The number of hydrogen-bond acceptors (Lipinski definition) is 25. The molecule has 0 aromatic rings. The number of esters is 4. The highest BCUT2D eigenvalue weighted by Gasteiger charge is 2.42. The second kappa shape index (κ2) is 41.3. The van der Waals surface area contributed by atoms with Crippen molar-refractivity contribution in [1.29, 1.82) is 0 Å². The molecule has 0 aromatic heterocycles. The Morgan fingerprint density at radius 3 is 0.977 bits per heavy atom. The molecule has 0 bridgehead atoms. The van der Waals surface area contributed by atoms with Crippen LogP contribution in [0.3, 0.4) is 0 Å². The van der Waals surface area contributed by atoms with Crippen LogP contribution in [0.4, 0.5) is 0 Å². The molecule has 0 fully saturated rings. The largest absolute Gasteiger partial charge is 0.460 e. The van der Waals surface area contributed by atoms with Gasteiger partial charge in [0, 0.05) is 28.4 Å². The summed E-state index contributed by atoms with van der Waals surface area (Å²) in [4.78, 5) is 130. The highest BCUT2D eigenvalue weighted by atomic mass is 16.6. The van der Waals surface area contributed by atoms with E-state index in [1.807, 2.05) is 27.7 Å². The summed E-state index contributed by atoms with van der Waals surface area (Å²) in [7, 11) is 0. The molecule has 0 aliphatic heterocycles. The van der Waals surface area contributed by atoms with Gasteiger partial charge < -0.3 is 38.6 Å². The van der Waals surface area contributed by atoms with Crippen molar-refractivity contribution in [2.75, 3.05) is 26.4 Å². The molecule has 6 atom stereocenters. The second-order valence-electron chi connectivity index (χ2n) is 22.1. The van der Waals surface area contributed by atoms with Crippen LogP contribution in [-0.4, -0.2) is 166 Å². The van der Waals surface area contributed by atoms with Crippen LogP contribution in [0.2, 0.25) is 0 Å². The number of nitrogens with one attached hydrogen (secondary N) is 7. The number of ether oxygens (including phenoxy) is 6. The van der Waals surface area contributed by atoms with Gasteiger partial charge in [0.05, 0.1) is 83.3 Å². The lowest BCUT2D eigenvalue weighted by molar-refractivity contribution is -0.156. The van der Waals surface area contributed by atoms with Gasteiger partial charge in [-0.05, 0) is 121 Å². The lowest BCUT2D eigenvalue weighted by atomic mass is 9.93. The topological polar surface area (TPSA) is 452 Å². The van der Waals surface area contributed by atoms with Gasteiger partial charge in [-0.25, -0.2) is 33.4 Å². The maximum Gasteiger partial charge on any atom is 0.306 e. The third kappa shape index (κ3) is 35.5. The van der Waals surface area contributed by atoms with Crippen molar-refractivity contribution in [2.24, 2.45) is 32.0 Å². The first-order valence-corrected chi connectivity index (χ1v) is 29.1. The molecule has 0 saturated heterocycles. The maximum absolute atomic E-state index is 12.8. The number of aliphatic hydroxyl groups is 2. The van der Waals surface area contributed by atoms with E-state index in [4.69, 9.17) is 45.1 Å². The summed E-state index contributed by atoms with van der Waals surface area (Å²) in [5, 5.41) is 33.6. The monoisotopic (exact) mass is 1240 g/mol. The van der Waals surface area contributed by atoms with Crippen LogP contribution in [0.5, 0.6) is 0 Å². The molecule has 0 saturated carbocycles. The van der Waals surface area contributed by atoms with Gasteiger partial charge in [0.2, 0.25) is 23.6 Å². The van der Waals surface area contributed by atoms with E-state index in [-0.39, 0.29) is 94.3 Å². The van der Waals surface area contributed by atoms with Crippen LogP contribution in [0, 0.1) is 0 Å². The summed E-state index contributed by atoms with van der Waals surface area (Å²) in [6, 6.07) is 0. The minimum atomic E-state index is -2.64. The van der Waals surface area contributed by atoms with Crippen LogP contribution in [-0.2, 0) is 76.4 Å². The van der Waals surface area contributed by atoms with Gasteiger partial charge in [-0.2, -0.15) is 15.3 Å². The number of carbonyl (C=O) groups is 10. The molecule has 31 heteroatoms. The summed E-state index contributed by atoms with van der Waals surface area (Å²) in [6.45, 7) is 24.9. The van der Waals surface area contributed by atoms with Gasteiger partial charge >= 0.3 is 23.9 Å². The minimum absolute atomic E-state index is 0.0245. The molecule has 0 aromatic carbocycles. The van der Waals surface area contributed by atoms with Gasteiger partial charge in [-0.15, -0.1) is 0 Å². The number of hydrogen-bond donors (Lipinski definition) is 11. The average molecular weight is 1240 g/mol. The standard InChI is InChI=1S/C56H99N13O18/c1-15-53(13,16-2)59-35(5)19-23-47(74)84-39(9)31-82-32-40(10)85-48(75)24-20-36(6)62-65-43(70)27-55(80,51(78)60-57)28-44(71)66-63-37(7)21-25-49(76)86-41(11)33-83-34-42(12)87-50(77)26-22-38(8)64-67-45(72)29-56(81,52(79)61-58)30-46(73)68-69-54(14,17-3)18-4/h39-42,69,80-81H,15-34,57-58H2,1-14H3,(H,60,78)(H,61,79)(H,65,70)(H,66,71)(H,67,72)(H,68,73). The molecule has 0 spiro atoms. The lowest BCUT2D eigenvalue weighted by Gasteiger charge is -2.30. The Balaban J connectivity index is 4.80. The summed E-state index contributed by atoms with van der Waals surface area (Å²) in [6.07, 6.45) is -2.61. The molecular weight excluding hydrogens is 1140 g/mol. The number of carbonyl (C=O) groups excluding carboxylic acids is 10. The summed E-state index contributed by atoms with van der Waals surface area (Å²) in [5.41, 5.74) is 11.3. The third-order valence-corrected chi connectivity index (χ3v) is 13.6. The molecule has 496 valence electrons. The second-order valence-corrected chi connectivity index (χ2v) is 22.1. The van der Waals surface area contributed by atoms with Gasteiger partial charge in [0.1, 0.15) is 24.4 Å². The van der Waals surface area contributed by atoms with Crippen LogP contribution in [0.15, 0.2) is 20.3 Å². The van der Waals surface area contributed by atoms with E-state index in [0.29, 0.717) is 25.0 Å². The Bertz CT molecular complexity index is 2400. The van der Waals surface area contributed by atoms with E-state index in [1.165, 1.54) is 20.8 Å². The molecule has 0 radical (unpaired) electrons. The van der Waals surface area contributed by atoms with E-state index in [0.717, 1.165) is 18.6 Å². The van der Waals surface area contributed by atoms with Crippen LogP contribution >= 0.6 is 0 Å². The molecule has 6 unspecified atom stereocenters.